The topological polar surface area (TPSA) is 17.1 Å². The summed E-state index contributed by atoms with van der Waals surface area (Å²) in [4.78, 5) is 11.2. The molecule has 2 aromatic carbocycles. The van der Waals surface area contributed by atoms with Crippen LogP contribution in [-0.4, -0.2) is 6.29 Å². The fourth-order valence-electron chi connectivity index (χ4n) is 2.82. The van der Waals surface area contributed by atoms with Crippen molar-refractivity contribution < 1.29 is 4.79 Å². The fourth-order valence-corrected chi connectivity index (χ4v) is 3.00. The summed E-state index contributed by atoms with van der Waals surface area (Å²) < 4.78 is 0. The van der Waals surface area contributed by atoms with Gasteiger partial charge in [0.2, 0.25) is 0 Å². The molecule has 3 rings (SSSR count). The van der Waals surface area contributed by atoms with Gasteiger partial charge in [0.15, 0.2) is 0 Å². The standard InChI is InChI=1S/C16H13ClO/c17-13-6-7-14-15(11-4-2-1-3-5-11)8-12(10-18)16(14)9-13/h1-7,9-10,12,15H,8H2. The van der Waals surface area contributed by atoms with Crippen molar-refractivity contribution in [3.8, 4) is 0 Å². The lowest BCUT2D eigenvalue weighted by Crippen LogP contribution is -1.96. The molecule has 2 unspecified atom stereocenters. The maximum atomic E-state index is 11.2. The van der Waals surface area contributed by atoms with E-state index in [-0.39, 0.29) is 5.92 Å². The average Bonchev–Trinajstić information content (AvgIpc) is 2.77. The minimum Gasteiger partial charge on any atom is -0.303 e. The molecule has 0 saturated carbocycles. The molecular weight excluding hydrogens is 244 g/mol. The minimum absolute atomic E-state index is 0.0242. The SMILES string of the molecule is O=CC1CC(c2ccccc2)c2ccc(Cl)cc21. The number of hydrogen-bond donors (Lipinski definition) is 0. The molecule has 0 saturated heterocycles. The summed E-state index contributed by atoms with van der Waals surface area (Å²) in [5, 5.41) is 0.703. The first-order valence-electron chi connectivity index (χ1n) is 6.09. The Morgan fingerprint density at radius 3 is 2.56 bits per heavy atom. The lowest BCUT2D eigenvalue weighted by atomic mass is 9.93. The zero-order chi connectivity index (χ0) is 12.5. The zero-order valence-electron chi connectivity index (χ0n) is 9.84. The van der Waals surface area contributed by atoms with Gasteiger partial charge >= 0.3 is 0 Å². The van der Waals surface area contributed by atoms with Gasteiger partial charge in [-0.15, -0.1) is 0 Å². The van der Waals surface area contributed by atoms with Crippen molar-refractivity contribution in [3.63, 3.8) is 0 Å². The number of rotatable bonds is 2. The Morgan fingerprint density at radius 1 is 1.06 bits per heavy atom. The summed E-state index contributed by atoms with van der Waals surface area (Å²) in [7, 11) is 0. The second-order valence-corrected chi connectivity index (χ2v) is 5.15. The number of benzene rings is 2. The Hall–Kier alpha value is -1.60. The van der Waals surface area contributed by atoms with Gasteiger partial charge in [0.05, 0.1) is 0 Å². The lowest BCUT2D eigenvalue weighted by molar-refractivity contribution is -0.109. The second kappa shape index (κ2) is 4.58. The molecule has 0 spiro atoms. The third-order valence-electron chi connectivity index (χ3n) is 3.68. The van der Waals surface area contributed by atoms with E-state index in [1.807, 2.05) is 30.3 Å². The highest BCUT2D eigenvalue weighted by Gasteiger charge is 2.31. The van der Waals surface area contributed by atoms with Crippen LogP contribution in [0.5, 0.6) is 0 Å². The average molecular weight is 257 g/mol. The third-order valence-corrected chi connectivity index (χ3v) is 3.91. The zero-order valence-corrected chi connectivity index (χ0v) is 10.6. The van der Waals surface area contributed by atoms with Gasteiger partial charge in [-0.2, -0.15) is 0 Å². The Balaban J connectivity index is 2.09. The molecular formula is C16H13ClO. The van der Waals surface area contributed by atoms with Crippen molar-refractivity contribution in [2.75, 3.05) is 0 Å². The molecule has 0 fully saturated rings. The molecule has 2 aromatic rings. The van der Waals surface area contributed by atoms with E-state index in [9.17, 15) is 4.79 Å². The Bertz CT molecular complexity index is 577. The van der Waals surface area contributed by atoms with E-state index in [1.54, 1.807) is 0 Å². The van der Waals surface area contributed by atoms with Gasteiger partial charge in [-0.3, -0.25) is 0 Å². The van der Waals surface area contributed by atoms with Crippen molar-refractivity contribution in [2.24, 2.45) is 0 Å². The smallest absolute Gasteiger partial charge is 0.127 e. The van der Waals surface area contributed by atoms with Gasteiger partial charge in [-0.25, -0.2) is 0 Å². The monoisotopic (exact) mass is 256 g/mol. The van der Waals surface area contributed by atoms with Gasteiger partial charge in [0.1, 0.15) is 6.29 Å². The maximum absolute atomic E-state index is 11.2. The van der Waals surface area contributed by atoms with E-state index in [0.717, 1.165) is 18.3 Å². The van der Waals surface area contributed by atoms with Crippen LogP contribution in [0.25, 0.3) is 0 Å². The number of fused-ring (bicyclic) bond motifs is 1. The molecule has 18 heavy (non-hydrogen) atoms. The predicted octanol–water partition coefficient (Wildman–Crippen LogP) is 4.16. The first-order chi connectivity index (χ1) is 8.79. The van der Waals surface area contributed by atoms with Gasteiger partial charge in [0, 0.05) is 16.9 Å². The molecule has 0 N–H and O–H groups in total. The maximum Gasteiger partial charge on any atom is 0.127 e. The van der Waals surface area contributed by atoms with Gasteiger partial charge in [-0.05, 0) is 35.2 Å². The van der Waals surface area contributed by atoms with Gasteiger partial charge in [-0.1, -0.05) is 48.0 Å². The van der Waals surface area contributed by atoms with Crippen LogP contribution in [0.1, 0.15) is 34.9 Å². The third kappa shape index (κ3) is 1.85. The predicted molar refractivity (Wildman–Crippen MR) is 73.2 cm³/mol. The van der Waals surface area contributed by atoms with E-state index >= 15 is 0 Å². The Labute approximate surface area is 111 Å². The molecule has 2 atom stereocenters. The quantitative estimate of drug-likeness (QED) is 0.738. The lowest BCUT2D eigenvalue weighted by Gasteiger charge is -2.11. The number of hydrogen-bond acceptors (Lipinski definition) is 1. The van der Waals surface area contributed by atoms with E-state index in [1.165, 1.54) is 11.1 Å². The van der Waals surface area contributed by atoms with E-state index in [4.69, 9.17) is 11.6 Å². The minimum atomic E-state index is -0.0242. The summed E-state index contributed by atoms with van der Waals surface area (Å²) in [6, 6.07) is 16.2. The number of halogens is 1. The van der Waals surface area contributed by atoms with Crippen LogP contribution in [0, 0.1) is 0 Å². The first kappa shape index (κ1) is 11.5. The summed E-state index contributed by atoms with van der Waals surface area (Å²) in [5.74, 6) is 0.289. The number of carbonyl (C=O) groups excluding carboxylic acids is 1. The van der Waals surface area contributed by atoms with Crippen LogP contribution in [0.2, 0.25) is 5.02 Å². The van der Waals surface area contributed by atoms with Gasteiger partial charge in [0.25, 0.3) is 0 Å². The molecule has 2 heteroatoms. The molecule has 90 valence electrons. The molecule has 1 nitrogen and oxygen atoms in total. The van der Waals surface area contributed by atoms with Crippen molar-refractivity contribution >= 4 is 17.9 Å². The fraction of sp³-hybridized carbons (Fsp3) is 0.188. The molecule has 0 radical (unpaired) electrons. The molecule has 0 amide bonds. The van der Waals surface area contributed by atoms with Crippen molar-refractivity contribution in [2.45, 2.75) is 18.3 Å². The second-order valence-electron chi connectivity index (χ2n) is 4.71. The molecule has 1 aliphatic carbocycles. The normalized spacial score (nSPS) is 21.6. The van der Waals surface area contributed by atoms with Crippen molar-refractivity contribution in [1.29, 1.82) is 0 Å². The summed E-state index contributed by atoms with van der Waals surface area (Å²) in [6.45, 7) is 0. The van der Waals surface area contributed by atoms with Crippen LogP contribution in [-0.2, 0) is 4.79 Å². The largest absolute Gasteiger partial charge is 0.303 e. The highest BCUT2D eigenvalue weighted by atomic mass is 35.5. The van der Waals surface area contributed by atoms with E-state index in [2.05, 4.69) is 18.2 Å². The van der Waals surface area contributed by atoms with Crippen LogP contribution >= 0.6 is 11.6 Å². The van der Waals surface area contributed by atoms with Crippen LogP contribution in [0.3, 0.4) is 0 Å². The highest BCUT2D eigenvalue weighted by Crippen LogP contribution is 2.45. The van der Waals surface area contributed by atoms with Crippen LogP contribution in [0.4, 0.5) is 0 Å². The van der Waals surface area contributed by atoms with Crippen LogP contribution in [0.15, 0.2) is 48.5 Å². The summed E-state index contributed by atoms with van der Waals surface area (Å²) in [6.07, 6.45) is 1.89. The van der Waals surface area contributed by atoms with E-state index < -0.39 is 0 Å². The first-order valence-corrected chi connectivity index (χ1v) is 6.47. The molecule has 1 aliphatic rings. The highest BCUT2D eigenvalue weighted by molar-refractivity contribution is 6.30. The molecule has 0 aliphatic heterocycles. The van der Waals surface area contributed by atoms with Crippen molar-refractivity contribution in [3.05, 3.63) is 70.2 Å². The van der Waals surface area contributed by atoms with Gasteiger partial charge < -0.3 is 4.79 Å². The Kier molecular flexibility index (Phi) is 2.92. The number of aldehydes is 1. The molecule has 0 bridgehead atoms. The molecule has 0 heterocycles. The van der Waals surface area contributed by atoms with Crippen LogP contribution < -0.4 is 0 Å². The van der Waals surface area contributed by atoms with Crippen molar-refractivity contribution in [1.82, 2.24) is 0 Å². The molecule has 0 aromatic heterocycles. The van der Waals surface area contributed by atoms with E-state index in [0.29, 0.717) is 10.9 Å². The Morgan fingerprint density at radius 2 is 1.83 bits per heavy atom. The summed E-state index contributed by atoms with van der Waals surface area (Å²) in [5.41, 5.74) is 3.60. The number of carbonyl (C=O) groups is 1. The summed E-state index contributed by atoms with van der Waals surface area (Å²) >= 11 is 6.02.